The molecular weight excluding hydrogens is 356 g/mol. The highest BCUT2D eigenvalue weighted by molar-refractivity contribution is 7.90. The minimum atomic E-state index is -3.54. The summed E-state index contributed by atoms with van der Waals surface area (Å²) in [5.74, 6) is 0.232. The van der Waals surface area contributed by atoms with Crippen molar-refractivity contribution in [2.24, 2.45) is 5.92 Å². The van der Waals surface area contributed by atoms with Gasteiger partial charge in [-0.3, -0.25) is 4.79 Å². The van der Waals surface area contributed by atoms with Gasteiger partial charge in [-0.05, 0) is 30.5 Å². The van der Waals surface area contributed by atoms with Crippen LogP contribution in [0.1, 0.15) is 18.4 Å². The monoisotopic (exact) mass is 372 g/mol. The molecule has 0 bridgehead atoms. The van der Waals surface area contributed by atoms with Crippen molar-refractivity contribution in [3.63, 3.8) is 0 Å². The van der Waals surface area contributed by atoms with Gasteiger partial charge in [0, 0.05) is 18.7 Å². The highest BCUT2D eigenvalue weighted by Gasteiger charge is 2.29. The van der Waals surface area contributed by atoms with E-state index in [0.29, 0.717) is 23.4 Å². The predicted octanol–water partition coefficient (Wildman–Crippen LogP) is 0.640. The third kappa shape index (κ3) is 3.27. The summed E-state index contributed by atoms with van der Waals surface area (Å²) in [7, 11) is -3.54. The van der Waals surface area contributed by atoms with Crippen molar-refractivity contribution in [1.82, 2.24) is 30.3 Å². The molecule has 4 rings (SSSR count). The van der Waals surface area contributed by atoms with Crippen molar-refractivity contribution < 1.29 is 13.2 Å². The van der Waals surface area contributed by atoms with E-state index in [1.165, 1.54) is 10.9 Å². The molecule has 0 unspecified atom stereocenters. The van der Waals surface area contributed by atoms with Gasteiger partial charge in [0.2, 0.25) is 20.9 Å². The van der Waals surface area contributed by atoms with Crippen LogP contribution in [0.3, 0.4) is 0 Å². The summed E-state index contributed by atoms with van der Waals surface area (Å²) in [4.78, 5) is 19.7. The van der Waals surface area contributed by atoms with Crippen molar-refractivity contribution in [2.45, 2.75) is 24.5 Å². The van der Waals surface area contributed by atoms with E-state index < -0.39 is 9.84 Å². The zero-order chi connectivity index (χ0) is 18.3. The lowest BCUT2D eigenvalue weighted by molar-refractivity contribution is -0.122. The molecule has 1 aromatic carbocycles. The van der Waals surface area contributed by atoms with Crippen LogP contribution in [-0.2, 0) is 21.2 Å². The van der Waals surface area contributed by atoms with Crippen molar-refractivity contribution in [2.75, 3.05) is 6.26 Å². The van der Waals surface area contributed by atoms with Crippen LogP contribution in [0.5, 0.6) is 0 Å². The van der Waals surface area contributed by atoms with Gasteiger partial charge in [-0.25, -0.2) is 13.4 Å². The maximum absolute atomic E-state index is 11.8. The highest BCUT2D eigenvalue weighted by atomic mass is 32.2. The van der Waals surface area contributed by atoms with E-state index in [1.54, 1.807) is 0 Å². The van der Waals surface area contributed by atoms with Gasteiger partial charge >= 0.3 is 0 Å². The Morgan fingerprint density at radius 3 is 2.88 bits per heavy atom. The molecule has 2 aromatic heterocycles. The van der Waals surface area contributed by atoms with Gasteiger partial charge in [0.25, 0.3) is 0 Å². The Morgan fingerprint density at radius 1 is 1.35 bits per heavy atom. The van der Waals surface area contributed by atoms with Gasteiger partial charge in [0.15, 0.2) is 11.2 Å². The van der Waals surface area contributed by atoms with E-state index in [2.05, 4.69) is 25.6 Å². The molecule has 0 saturated heterocycles. The topological polar surface area (TPSA) is 120 Å². The fourth-order valence-electron chi connectivity index (χ4n) is 2.54. The van der Waals surface area contributed by atoms with Crippen molar-refractivity contribution in [3.05, 3.63) is 36.0 Å². The van der Waals surface area contributed by atoms with E-state index in [4.69, 9.17) is 0 Å². The molecule has 1 saturated carbocycles. The zero-order valence-electron chi connectivity index (χ0n) is 14.0. The van der Waals surface area contributed by atoms with E-state index >= 15 is 0 Å². The normalized spacial score (nSPS) is 14.5. The molecule has 26 heavy (non-hydrogen) atoms. The Kier molecular flexibility index (Phi) is 3.91. The lowest BCUT2D eigenvalue weighted by Gasteiger charge is -2.07. The Hall–Kier alpha value is -2.88. The summed E-state index contributed by atoms with van der Waals surface area (Å²) < 4.78 is 24.8. The second-order valence-electron chi connectivity index (χ2n) is 6.30. The summed E-state index contributed by atoms with van der Waals surface area (Å²) >= 11 is 0. The van der Waals surface area contributed by atoms with Crippen LogP contribution in [0.25, 0.3) is 16.9 Å². The number of hydrogen-bond acceptors (Lipinski definition) is 7. The first kappa shape index (κ1) is 16.6. The zero-order valence-corrected chi connectivity index (χ0v) is 14.8. The van der Waals surface area contributed by atoms with Crippen LogP contribution < -0.4 is 5.32 Å². The second-order valence-corrected chi connectivity index (χ2v) is 8.21. The van der Waals surface area contributed by atoms with E-state index in [-0.39, 0.29) is 17.0 Å². The molecule has 9 nitrogen and oxygen atoms in total. The number of benzene rings is 1. The van der Waals surface area contributed by atoms with Gasteiger partial charge in [0.1, 0.15) is 0 Å². The quantitative estimate of drug-likeness (QED) is 0.653. The van der Waals surface area contributed by atoms with Gasteiger partial charge in [-0.15, -0.1) is 5.10 Å². The Morgan fingerprint density at radius 2 is 2.15 bits per heavy atom. The molecular formula is C16H16N6O3S. The Labute approximate surface area is 149 Å². The molecule has 0 radical (unpaired) electrons. The minimum Gasteiger partial charge on any atom is -0.352 e. The molecule has 3 aromatic rings. The predicted molar refractivity (Wildman–Crippen MR) is 92.1 cm³/mol. The number of sulfone groups is 1. The first-order chi connectivity index (χ1) is 12.4. The number of rotatable bonds is 5. The summed E-state index contributed by atoms with van der Waals surface area (Å²) in [6, 6.07) is 7.39. The molecule has 10 heteroatoms. The largest absolute Gasteiger partial charge is 0.352 e. The van der Waals surface area contributed by atoms with E-state index in [1.807, 2.05) is 24.3 Å². The average molecular weight is 372 g/mol. The van der Waals surface area contributed by atoms with Crippen molar-refractivity contribution in [1.29, 1.82) is 0 Å². The number of nitrogens with one attached hydrogen (secondary N) is 1. The number of carbonyl (C=O) groups excluding carboxylic acids is 1. The molecule has 1 fully saturated rings. The van der Waals surface area contributed by atoms with Crippen molar-refractivity contribution in [3.8, 4) is 5.69 Å². The van der Waals surface area contributed by atoms with Gasteiger partial charge in [0.05, 0.1) is 11.9 Å². The average Bonchev–Trinajstić information content (AvgIpc) is 3.38. The molecule has 1 N–H and O–H groups in total. The molecule has 1 aliphatic rings. The second kappa shape index (κ2) is 6.13. The van der Waals surface area contributed by atoms with Crippen LogP contribution in [0, 0.1) is 5.92 Å². The van der Waals surface area contributed by atoms with Crippen LogP contribution in [0.2, 0.25) is 0 Å². The molecule has 0 spiro atoms. The summed E-state index contributed by atoms with van der Waals surface area (Å²) in [6.45, 7) is 0.416. The first-order valence-electron chi connectivity index (χ1n) is 8.07. The number of carbonyl (C=O) groups is 1. The van der Waals surface area contributed by atoms with Gasteiger partial charge in [-0.1, -0.05) is 17.3 Å². The van der Waals surface area contributed by atoms with Crippen LogP contribution in [0.4, 0.5) is 0 Å². The van der Waals surface area contributed by atoms with Crippen molar-refractivity contribution >= 4 is 26.9 Å². The first-order valence-corrected chi connectivity index (χ1v) is 9.96. The standard InChI is InChI=1S/C16H16N6O3S/c1-26(24,25)16-18-9-13-14(19-16)22(21-20-13)12-4-2-3-10(7-12)8-17-15(23)11-5-6-11/h2-4,7,9,11H,5-6,8H2,1H3,(H,17,23). The van der Waals surface area contributed by atoms with Gasteiger partial charge < -0.3 is 5.32 Å². The fourth-order valence-corrected chi connectivity index (χ4v) is 3.04. The molecule has 2 heterocycles. The SMILES string of the molecule is CS(=O)(=O)c1ncc2nnn(-c3cccc(CNC(=O)C4CC4)c3)c2n1. The highest BCUT2D eigenvalue weighted by Crippen LogP contribution is 2.28. The van der Waals surface area contributed by atoms with Gasteiger partial charge in [-0.2, -0.15) is 9.67 Å². The third-order valence-electron chi connectivity index (χ3n) is 4.07. The summed E-state index contributed by atoms with van der Waals surface area (Å²) in [5.41, 5.74) is 2.27. The van der Waals surface area contributed by atoms with E-state index in [0.717, 1.165) is 24.7 Å². The molecule has 1 aliphatic carbocycles. The number of hydrogen-bond donors (Lipinski definition) is 1. The molecule has 0 aliphatic heterocycles. The lowest BCUT2D eigenvalue weighted by Crippen LogP contribution is -2.24. The number of amides is 1. The minimum absolute atomic E-state index is 0.0761. The van der Waals surface area contributed by atoms with E-state index in [9.17, 15) is 13.2 Å². The fraction of sp³-hybridized carbons (Fsp3) is 0.312. The molecule has 0 atom stereocenters. The summed E-state index contributed by atoms with van der Waals surface area (Å²) in [6.07, 6.45) is 4.30. The number of aromatic nitrogens is 5. The maximum atomic E-state index is 11.8. The molecule has 134 valence electrons. The maximum Gasteiger partial charge on any atom is 0.248 e. The smallest absolute Gasteiger partial charge is 0.248 e. The molecule has 1 amide bonds. The summed E-state index contributed by atoms with van der Waals surface area (Å²) in [5, 5.41) is 10.7. The lowest BCUT2D eigenvalue weighted by atomic mass is 10.2. The Bertz CT molecular complexity index is 1100. The van der Waals surface area contributed by atoms with Crippen LogP contribution in [-0.4, -0.2) is 45.5 Å². The van der Waals surface area contributed by atoms with Crippen LogP contribution >= 0.6 is 0 Å². The van der Waals surface area contributed by atoms with Crippen LogP contribution in [0.15, 0.2) is 35.6 Å². The number of fused-ring (bicyclic) bond motifs is 1. The Balaban J connectivity index is 1.66. The third-order valence-corrected chi connectivity index (χ3v) is 4.93. The number of nitrogens with zero attached hydrogens (tertiary/aromatic N) is 5.